The minimum Gasteiger partial charge on any atom is -0.781 e. The zero-order valence-electron chi connectivity index (χ0n) is 33.7. The SMILES string of the molecule is CCOC(=O)c1ccccc1[N-]c1cc(C(C)(C)C)cc(C(C)(C)C)c1[S-].CCc1ccccc1[N-]c1cc(C(C)(C)C)cc(C(C)(C)C)c1[S-].[Ni]. The molecule has 0 saturated heterocycles. The fourth-order valence-corrected chi connectivity index (χ4v) is 6.44. The van der Waals surface area contributed by atoms with Crippen molar-refractivity contribution >= 4 is 54.0 Å². The molecule has 286 valence electrons. The number of nitrogens with zero attached hydrogens (tertiary/aromatic N) is 2. The number of hydrogen-bond donors (Lipinski definition) is 0. The maximum atomic E-state index is 12.3. The van der Waals surface area contributed by atoms with Gasteiger partial charge in [-0.05, 0) is 52.2 Å². The van der Waals surface area contributed by atoms with Crippen LogP contribution in [0.5, 0.6) is 0 Å². The smallest absolute Gasteiger partial charge is 0.336 e. The van der Waals surface area contributed by atoms with Crippen molar-refractivity contribution in [3.63, 3.8) is 0 Å². The first-order valence-corrected chi connectivity index (χ1v) is 18.8. The molecule has 52 heavy (non-hydrogen) atoms. The molecule has 0 unspecified atom stereocenters. The van der Waals surface area contributed by atoms with Gasteiger partial charge in [-0.3, -0.25) is 0 Å². The van der Waals surface area contributed by atoms with Gasteiger partial charge in [0, 0.05) is 22.1 Å². The van der Waals surface area contributed by atoms with Crippen molar-refractivity contribution in [2.45, 2.75) is 135 Å². The normalized spacial score (nSPS) is 11.9. The first-order valence-electron chi connectivity index (χ1n) is 18.0. The van der Waals surface area contributed by atoms with Crippen molar-refractivity contribution in [1.82, 2.24) is 0 Å². The Balaban J connectivity index is 0.000000356. The molecule has 0 fully saturated rings. The predicted molar refractivity (Wildman–Crippen MR) is 223 cm³/mol. The molecule has 0 aliphatic heterocycles. The maximum absolute atomic E-state index is 12.3. The standard InChI is InChI=1S/C23H31NO2S.C22H30NS.Ni/c1-8-26-21(25)16-11-9-10-12-18(16)24-19-14-15(22(2,3)4)13-17(20(19)27)23(5,6)7;1-8-15-11-9-10-12-18(15)23-19-14-16(21(2,3)4)13-17(20(19)24)22(5,6)7;/h9-14H,8H2,1-7H3,(H2,24,25,27);9-14,24H,8H2,1-7H3;/q;-1;/p-3. The molecule has 0 atom stereocenters. The topological polar surface area (TPSA) is 54.5 Å². The second-order valence-corrected chi connectivity index (χ2v) is 18.0. The summed E-state index contributed by atoms with van der Waals surface area (Å²) in [5.41, 5.74) is 9.66. The second-order valence-electron chi connectivity index (χ2n) is 17.2. The van der Waals surface area contributed by atoms with E-state index >= 15 is 0 Å². The summed E-state index contributed by atoms with van der Waals surface area (Å²) < 4.78 is 5.17. The molecule has 4 aromatic carbocycles. The van der Waals surface area contributed by atoms with E-state index in [-0.39, 0.29) is 44.1 Å². The van der Waals surface area contributed by atoms with E-state index in [1.165, 1.54) is 22.3 Å². The third kappa shape index (κ3) is 11.7. The molecule has 4 aromatic rings. The Morgan fingerprint density at radius 1 is 0.577 bits per heavy atom. The Hall–Kier alpha value is -3.12. The number of benzene rings is 4. The van der Waals surface area contributed by atoms with Gasteiger partial charge in [0.05, 0.1) is 6.61 Å². The minimum absolute atomic E-state index is 0. The average Bonchev–Trinajstić information content (AvgIpc) is 3.01. The third-order valence-corrected chi connectivity index (χ3v) is 9.60. The molecule has 0 aromatic heterocycles. The van der Waals surface area contributed by atoms with E-state index in [1.807, 2.05) is 30.3 Å². The van der Waals surface area contributed by atoms with Gasteiger partial charge < -0.3 is 40.6 Å². The molecule has 0 N–H and O–H groups in total. The molecule has 0 radical (unpaired) electrons. The number of hydrogen-bond acceptors (Lipinski definition) is 4. The van der Waals surface area contributed by atoms with Crippen molar-refractivity contribution in [2.24, 2.45) is 0 Å². The minimum atomic E-state index is -0.370. The summed E-state index contributed by atoms with van der Waals surface area (Å²) in [4.78, 5) is 13.9. The summed E-state index contributed by atoms with van der Waals surface area (Å²) in [6, 6.07) is 24.2. The number of esters is 1. The van der Waals surface area contributed by atoms with Crippen LogP contribution in [0.1, 0.15) is 135 Å². The van der Waals surface area contributed by atoms with E-state index in [2.05, 4.69) is 126 Å². The van der Waals surface area contributed by atoms with Crippen LogP contribution in [0.3, 0.4) is 0 Å². The van der Waals surface area contributed by atoms with Gasteiger partial charge in [0.15, 0.2) is 0 Å². The Morgan fingerprint density at radius 2 is 0.981 bits per heavy atom. The van der Waals surface area contributed by atoms with Crippen LogP contribution in [0.4, 0.5) is 22.7 Å². The monoisotopic (exact) mass is 780 g/mol. The zero-order valence-corrected chi connectivity index (χ0v) is 36.3. The molecule has 4 nitrogen and oxygen atoms in total. The van der Waals surface area contributed by atoms with Gasteiger partial charge >= 0.3 is 5.97 Å². The summed E-state index contributed by atoms with van der Waals surface area (Å²) in [5, 5.41) is 9.74. The molecule has 0 amide bonds. The van der Waals surface area contributed by atoms with Gasteiger partial charge in [-0.2, -0.15) is 21.2 Å². The van der Waals surface area contributed by atoms with Crippen molar-refractivity contribution in [3.8, 4) is 0 Å². The fraction of sp³-hybridized carbons (Fsp3) is 0.444. The molecule has 0 aliphatic carbocycles. The summed E-state index contributed by atoms with van der Waals surface area (Å²) in [7, 11) is 0. The van der Waals surface area contributed by atoms with E-state index < -0.39 is 0 Å². The number of carbonyl (C=O) groups is 1. The van der Waals surface area contributed by atoms with Gasteiger partial charge in [-0.25, -0.2) is 4.79 Å². The van der Waals surface area contributed by atoms with Crippen molar-refractivity contribution in [3.05, 3.63) is 117 Å². The fourth-order valence-electron chi connectivity index (χ4n) is 5.50. The number of ether oxygens (including phenoxy) is 1. The van der Waals surface area contributed by atoms with Gasteiger partial charge in [0.2, 0.25) is 0 Å². The molecule has 0 spiro atoms. The van der Waals surface area contributed by atoms with Gasteiger partial charge in [0.25, 0.3) is 0 Å². The van der Waals surface area contributed by atoms with Crippen LogP contribution in [0, 0.1) is 0 Å². The number of rotatable bonds is 7. The van der Waals surface area contributed by atoms with Crippen molar-refractivity contribution in [1.29, 1.82) is 0 Å². The van der Waals surface area contributed by atoms with Crippen molar-refractivity contribution in [2.75, 3.05) is 6.61 Å². The maximum Gasteiger partial charge on any atom is 0.336 e. The molecule has 0 bridgehead atoms. The number of carbonyl (C=O) groups excluding carboxylic acids is 1. The third-order valence-electron chi connectivity index (χ3n) is 8.74. The van der Waals surface area contributed by atoms with E-state index in [4.69, 9.17) is 40.6 Å². The zero-order chi connectivity index (χ0) is 38.5. The van der Waals surface area contributed by atoms with Crippen LogP contribution in [0.2, 0.25) is 0 Å². The van der Waals surface area contributed by atoms with E-state index in [1.54, 1.807) is 13.0 Å². The van der Waals surface area contributed by atoms with E-state index in [9.17, 15) is 4.79 Å². The Kier molecular flexibility index (Phi) is 15.4. The van der Waals surface area contributed by atoms with Crippen LogP contribution < -0.4 is 0 Å². The molecular formula is C45H58N2NiO2S2-4. The molecule has 0 heterocycles. The van der Waals surface area contributed by atoms with Crippen LogP contribution in [0.25, 0.3) is 10.6 Å². The molecule has 0 saturated carbocycles. The summed E-state index contributed by atoms with van der Waals surface area (Å²) in [6.07, 6.45) is 0.970. The van der Waals surface area contributed by atoms with Crippen LogP contribution in [-0.2, 0) is 74.6 Å². The Labute approximate surface area is 336 Å². The molecule has 4 rings (SSSR count). The van der Waals surface area contributed by atoms with E-state index in [0.29, 0.717) is 17.9 Å². The first kappa shape index (κ1) is 45.0. The molecule has 7 heteroatoms. The van der Waals surface area contributed by atoms with Gasteiger partial charge in [-0.1, -0.05) is 173 Å². The average molecular weight is 782 g/mol. The van der Waals surface area contributed by atoms with Gasteiger partial charge in [-0.15, -0.1) is 11.4 Å². The number of aryl methyl sites for hydroxylation is 1. The van der Waals surface area contributed by atoms with Crippen LogP contribution in [-0.4, -0.2) is 12.6 Å². The Bertz CT molecular complexity index is 1820. The van der Waals surface area contributed by atoms with Gasteiger partial charge in [0.1, 0.15) is 0 Å². The van der Waals surface area contributed by atoms with Crippen LogP contribution in [0.15, 0.2) is 82.6 Å². The number of para-hydroxylation sites is 2. The summed E-state index contributed by atoms with van der Waals surface area (Å²) >= 11 is 11.6. The molecular weight excluding hydrogens is 723 g/mol. The van der Waals surface area contributed by atoms with E-state index in [0.717, 1.165) is 38.8 Å². The largest absolute Gasteiger partial charge is 0.781 e. The molecule has 0 aliphatic rings. The summed E-state index contributed by atoms with van der Waals surface area (Å²) in [6.45, 7) is 30.6. The van der Waals surface area contributed by atoms with Crippen LogP contribution >= 0.6 is 0 Å². The quantitative estimate of drug-likeness (QED) is 0.106. The Morgan fingerprint density at radius 3 is 1.38 bits per heavy atom. The van der Waals surface area contributed by atoms with Crippen molar-refractivity contribution < 1.29 is 26.0 Å². The summed E-state index contributed by atoms with van der Waals surface area (Å²) in [5.74, 6) is -0.370. The predicted octanol–water partition coefficient (Wildman–Crippen LogP) is 13.8. The first-order chi connectivity index (χ1) is 23.5. The second kappa shape index (κ2) is 17.8.